The van der Waals surface area contributed by atoms with Gasteiger partial charge in [-0.15, -0.1) is 0 Å². The SMILES string of the molecule is COc1cccc2c1CCCC2CN(C)CCc1ccc2c(c1)C(=O)CCN2. The maximum atomic E-state index is 12.1. The number of nitrogens with zero attached hydrogens (tertiary/aromatic N) is 1. The number of anilines is 1. The third-order valence-electron chi connectivity index (χ3n) is 6.17. The Morgan fingerprint density at radius 3 is 2.96 bits per heavy atom. The van der Waals surface area contributed by atoms with Gasteiger partial charge in [0.25, 0.3) is 0 Å². The van der Waals surface area contributed by atoms with Crippen LogP contribution in [0.4, 0.5) is 5.69 Å². The van der Waals surface area contributed by atoms with Crippen molar-refractivity contribution in [2.45, 2.75) is 38.0 Å². The van der Waals surface area contributed by atoms with Crippen molar-refractivity contribution < 1.29 is 9.53 Å². The molecule has 0 saturated heterocycles. The molecule has 1 N–H and O–H groups in total. The molecule has 1 aliphatic carbocycles. The van der Waals surface area contributed by atoms with Crippen LogP contribution >= 0.6 is 0 Å². The molecule has 1 atom stereocenters. The van der Waals surface area contributed by atoms with Gasteiger partial charge in [0.15, 0.2) is 5.78 Å². The van der Waals surface area contributed by atoms with Crippen LogP contribution in [0.5, 0.6) is 5.75 Å². The normalized spacial score (nSPS) is 18.4. The average Bonchev–Trinajstić information content (AvgIpc) is 2.72. The van der Waals surface area contributed by atoms with Crippen molar-refractivity contribution in [3.05, 3.63) is 58.7 Å². The third kappa shape index (κ3) is 3.93. The molecular formula is C24H30N2O2. The highest BCUT2D eigenvalue weighted by molar-refractivity contribution is 6.03. The maximum Gasteiger partial charge on any atom is 0.166 e. The van der Waals surface area contributed by atoms with Crippen LogP contribution in [0.1, 0.15) is 52.2 Å². The van der Waals surface area contributed by atoms with E-state index in [0.29, 0.717) is 12.3 Å². The summed E-state index contributed by atoms with van der Waals surface area (Å²) >= 11 is 0. The minimum atomic E-state index is 0.261. The summed E-state index contributed by atoms with van der Waals surface area (Å²) in [5, 5.41) is 3.32. The van der Waals surface area contributed by atoms with Gasteiger partial charge >= 0.3 is 0 Å². The van der Waals surface area contributed by atoms with Crippen LogP contribution in [0.3, 0.4) is 0 Å². The van der Waals surface area contributed by atoms with Crippen molar-refractivity contribution in [2.24, 2.45) is 0 Å². The Bertz CT molecular complexity index is 862. The second-order valence-corrected chi connectivity index (χ2v) is 8.11. The van der Waals surface area contributed by atoms with Crippen LogP contribution in [0.25, 0.3) is 0 Å². The molecule has 1 heterocycles. The van der Waals surface area contributed by atoms with E-state index in [9.17, 15) is 4.79 Å². The smallest absolute Gasteiger partial charge is 0.166 e. The Kier molecular flexibility index (Phi) is 5.67. The summed E-state index contributed by atoms with van der Waals surface area (Å²) in [6.45, 7) is 2.81. The number of ketones is 1. The van der Waals surface area contributed by atoms with Gasteiger partial charge in [0, 0.05) is 37.3 Å². The lowest BCUT2D eigenvalue weighted by Gasteiger charge is -2.30. The number of carbonyl (C=O) groups is 1. The summed E-state index contributed by atoms with van der Waals surface area (Å²) in [4.78, 5) is 14.6. The summed E-state index contributed by atoms with van der Waals surface area (Å²) in [5.74, 6) is 1.87. The standard InChI is InChI=1S/C24H30N2O2/c1-26(14-12-17-9-10-22-21(15-17)23(27)11-13-25-22)16-18-5-3-7-20-19(18)6-4-8-24(20)28-2/h4,6,8-10,15,18,25H,3,5,7,11-14,16H2,1-2H3. The minimum absolute atomic E-state index is 0.261. The monoisotopic (exact) mass is 378 g/mol. The third-order valence-corrected chi connectivity index (χ3v) is 6.17. The topological polar surface area (TPSA) is 41.6 Å². The number of hydrogen-bond donors (Lipinski definition) is 1. The average molecular weight is 379 g/mol. The fourth-order valence-corrected chi connectivity index (χ4v) is 4.66. The summed E-state index contributed by atoms with van der Waals surface area (Å²) in [6.07, 6.45) is 5.15. The van der Waals surface area contributed by atoms with E-state index in [-0.39, 0.29) is 5.78 Å². The number of likely N-dealkylation sites (N-methyl/N-ethyl adjacent to an activating group) is 1. The van der Waals surface area contributed by atoms with Crippen LogP contribution in [0.2, 0.25) is 0 Å². The van der Waals surface area contributed by atoms with Crippen LogP contribution in [0.15, 0.2) is 36.4 Å². The number of nitrogens with one attached hydrogen (secondary N) is 1. The van der Waals surface area contributed by atoms with E-state index in [0.717, 1.165) is 49.5 Å². The van der Waals surface area contributed by atoms with Gasteiger partial charge in [0.2, 0.25) is 0 Å². The van der Waals surface area contributed by atoms with Crippen LogP contribution in [-0.4, -0.2) is 44.5 Å². The first-order valence-electron chi connectivity index (χ1n) is 10.4. The van der Waals surface area contributed by atoms with E-state index < -0.39 is 0 Å². The molecule has 0 saturated carbocycles. The highest BCUT2D eigenvalue weighted by Gasteiger charge is 2.24. The number of Topliss-reactive ketones (excluding diaryl/α,β-unsaturated/α-hetero) is 1. The molecule has 1 aliphatic heterocycles. The first kappa shape index (κ1) is 19.0. The largest absolute Gasteiger partial charge is 0.496 e. The van der Waals surface area contributed by atoms with Crippen molar-refractivity contribution >= 4 is 11.5 Å². The van der Waals surface area contributed by atoms with E-state index in [4.69, 9.17) is 4.74 Å². The Morgan fingerprint density at radius 1 is 1.21 bits per heavy atom. The Balaban J connectivity index is 1.39. The van der Waals surface area contributed by atoms with Gasteiger partial charge in [-0.2, -0.15) is 0 Å². The number of rotatable bonds is 6. The first-order chi connectivity index (χ1) is 13.7. The lowest BCUT2D eigenvalue weighted by atomic mass is 9.82. The molecule has 1 unspecified atom stereocenters. The molecule has 2 aromatic carbocycles. The van der Waals surface area contributed by atoms with E-state index in [1.165, 1.54) is 29.5 Å². The van der Waals surface area contributed by atoms with Gasteiger partial charge in [-0.1, -0.05) is 18.2 Å². The van der Waals surface area contributed by atoms with Gasteiger partial charge in [0.05, 0.1) is 7.11 Å². The number of ether oxygens (including phenoxy) is 1. The molecule has 4 rings (SSSR count). The van der Waals surface area contributed by atoms with Crippen molar-refractivity contribution in [2.75, 3.05) is 39.1 Å². The summed E-state index contributed by atoms with van der Waals surface area (Å²) in [5.41, 5.74) is 5.95. The molecule has 0 aromatic heterocycles. The molecule has 28 heavy (non-hydrogen) atoms. The van der Waals surface area contributed by atoms with Gasteiger partial charge in [-0.05, 0) is 73.5 Å². The molecule has 0 radical (unpaired) electrons. The predicted octanol–water partition coefficient (Wildman–Crippen LogP) is 4.29. The Morgan fingerprint density at radius 2 is 2.11 bits per heavy atom. The maximum absolute atomic E-state index is 12.1. The Hall–Kier alpha value is -2.33. The summed E-state index contributed by atoms with van der Waals surface area (Å²) in [6, 6.07) is 12.8. The summed E-state index contributed by atoms with van der Waals surface area (Å²) in [7, 11) is 3.98. The van der Waals surface area contributed by atoms with Crippen molar-refractivity contribution in [3.63, 3.8) is 0 Å². The van der Waals surface area contributed by atoms with E-state index >= 15 is 0 Å². The highest BCUT2D eigenvalue weighted by atomic mass is 16.5. The quantitative estimate of drug-likeness (QED) is 0.814. The molecule has 0 bridgehead atoms. The van der Waals surface area contributed by atoms with Gasteiger partial charge in [-0.3, -0.25) is 4.79 Å². The number of carbonyl (C=O) groups excluding carboxylic acids is 1. The first-order valence-corrected chi connectivity index (χ1v) is 10.4. The predicted molar refractivity (Wildman–Crippen MR) is 114 cm³/mol. The van der Waals surface area contributed by atoms with Gasteiger partial charge in [-0.25, -0.2) is 0 Å². The van der Waals surface area contributed by atoms with Crippen molar-refractivity contribution in [1.82, 2.24) is 4.90 Å². The number of benzene rings is 2. The molecule has 0 spiro atoms. The molecule has 0 amide bonds. The molecule has 148 valence electrons. The van der Waals surface area contributed by atoms with Crippen LogP contribution in [-0.2, 0) is 12.8 Å². The number of hydrogen-bond acceptors (Lipinski definition) is 4. The minimum Gasteiger partial charge on any atom is -0.496 e. The number of methoxy groups -OCH3 is 1. The second-order valence-electron chi connectivity index (χ2n) is 8.11. The van der Waals surface area contributed by atoms with Crippen LogP contribution < -0.4 is 10.1 Å². The van der Waals surface area contributed by atoms with Crippen LogP contribution in [0, 0.1) is 0 Å². The molecule has 2 aromatic rings. The fourth-order valence-electron chi connectivity index (χ4n) is 4.66. The number of fused-ring (bicyclic) bond motifs is 2. The fraction of sp³-hybridized carbons (Fsp3) is 0.458. The van der Waals surface area contributed by atoms with Crippen molar-refractivity contribution in [1.29, 1.82) is 0 Å². The molecular weight excluding hydrogens is 348 g/mol. The molecule has 2 aliphatic rings. The second kappa shape index (κ2) is 8.36. The lowest BCUT2D eigenvalue weighted by molar-refractivity contribution is 0.0983. The Labute approximate surface area is 167 Å². The van der Waals surface area contributed by atoms with Gasteiger partial charge in [0.1, 0.15) is 5.75 Å². The van der Waals surface area contributed by atoms with E-state index in [1.807, 2.05) is 0 Å². The zero-order chi connectivity index (χ0) is 19.5. The molecule has 4 heteroatoms. The van der Waals surface area contributed by atoms with E-state index in [1.54, 1.807) is 7.11 Å². The molecule has 4 nitrogen and oxygen atoms in total. The van der Waals surface area contributed by atoms with Crippen molar-refractivity contribution in [3.8, 4) is 5.75 Å². The molecule has 0 fully saturated rings. The zero-order valence-electron chi connectivity index (χ0n) is 17.0. The summed E-state index contributed by atoms with van der Waals surface area (Å²) < 4.78 is 5.58. The highest BCUT2D eigenvalue weighted by Crippen LogP contribution is 2.37. The van der Waals surface area contributed by atoms with E-state index in [2.05, 4.69) is 53.7 Å². The van der Waals surface area contributed by atoms with Gasteiger partial charge < -0.3 is 15.0 Å². The zero-order valence-corrected chi connectivity index (χ0v) is 17.0. The lowest BCUT2D eigenvalue weighted by Crippen LogP contribution is -2.28.